The Morgan fingerprint density at radius 1 is 1.04 bits per heavy atom. The number of carbonyl (C=O) groups excluding carboxylic acids is 1. The monoisotopic (exact) mass is 359 g/mol. The van der Waals surface area contributed by atoms with E-state index in [9.17, 15) is 9.18 Å². The van der Waals surface area contributed by atoms with E-state index in [1.165, 1.54) is 6.07 Å². The molecule has 0 unspecified atom stereocenters. The Kier molecular flexibility index (Phi) is 5.56. The number of nitrogens with one attached hydrogen (secondary N) is 1. The molecule has 1 N–H and O–H groups in total. The molecule has 4 nitrogen and oxygen atoms in total. The van der Waals surface area contributed by atoms with Crippen LogP contribution in [0.15, 0.2) is 54.7 Å². The van der Waals surface area contributed by atoms with Gasteiger partial charge in [-0.1, -0.05) is 41.9 Å². The second-order valence-electron chi connectivity index (χ2n) is 5.73. The normalized spacial score (nSPS) is 14.8. The number of urea groups is 1. The molecule has 25 heavy (non-hydrogen) atoms. The van der Waals surface area contributed by atoms with Crippen LogP contribution >= 0.6 is 11.6 Å². The van der Waals surface area contributed by atoms with Gasteiger partial charge in [0.2, 0.25) is 0 Å². The van der Waals surface area contributed by atoms with Crippen LogP contribution in [-0.4, -0.2) is 37.1 Å². The average molecular weight is 360 g/mol. The molecule has 3 rings (SSSR count). The van der Waals surface area contributed by atoms with E-state index in [0.717, 1.165) is 5.56 Å². The van der Waals surface area contributed by atoms with Gasteiger partial charge in [0.1, 0.15) is 5.82 Å². The summed E-state index contributed by atoms with van der Waals surface area (Å²) in [6, 6.07) is 13.9. The van der Waals surface area contributed by atoms with Crippen molar-refractivity contribution >= 4 is 29.4 Å². The third kappa shape index (κ3) is 4.31. The molecule has 2 aromatic carbocycles. The lowest BCUT2D eigenvalue weighted by atomic mass is 10.2. The molecule has 6 heteroatoms. The Morgan fingerprint density at radius 3 is 2.44 bits per heavy atom. The molecule has 1 saturated heterocycles. The Balaban J connectivity index is 1.52. The van der Waals surface area contributed by atoms with Gasteiger partial charge in [0.05, 0.1) is 5.69 Å². The van der Waals surface area contributed by atoms with Crippen molar-refractivity contribution in [2.24, 2.45) is 0 Å². The highest BCUT2D eigenvalue weighted by atomic mass is 35.5. The van der Waals surface area contributed by atoms with Crippen molar-refractivity contribution < 1.29 is 9.18 Å². The van der Waals surface area contributed by atoms with Crippen molar-refractivity contribution in [3.05, 3.63) is 71.1 Å². The summed E-state index contributed by atoms with van der Waals surface area (Å²) in [5.74, 6) is -0.233. The summed E-state index contributed by atoms with van der Waals surface area (Å²) >= 11 is 6.06. The second kappa shape index (κ2) is 8.03. The van der Waals surface area contributed by atoms with Crippen molar-refractivity contribution in [2.45, 2.75) is 0 Å². The Hall–Kier alpha value is -2.53. The maximum atomic E-state index is 13.8. The van der Waals surface area contributed by atoms with Gasteiger partial charge in [0, 0.05) is 37.4 Å². The first-order valence-electron chi connectivity index (χ1n) is 8.11. The fraction of sp³-hybridized carbons (Fsp3) is 0.211. The highest BCUT2D eigenvalue weighted by Crippen LogP contribution is 2.20. The van der Waals surface area contributed by atoms with Gasteiger partial charge in [-0.2, -0.15) is 0 Å². The van der Waals surface area contributed by atoms with Crippen molar-refractivity contribution in [2.75, 3.05) is 31.1 Å². The second-order valence-corrected chi connectivity index (χ2v) is 6.14. The molecule has 0 saturated carbocycles. The van der Waals surface area contributed by atoms with Crippen molar-refractivity contribution in [1.29, 1.82) is 0 Å². The van der Waals surface area contributed by atoms with Crippen LogP contribution in [0, 0.1) is 5.82 Å². The van der Waals surface area contributed by atoms with Crippen LogP contribution in [0.2, 0.25) is 5.02 Å². The summed E-state index contributed by atoms with van der Waals surface area (Å²) in [5.41, 5.74) is 1.43. The molecule has 0 atom stereocenters. The van der Waals surface area contributed by atoms with Gasteiger partial charge in [0.15, 0.2) is 0 Å². The number of carbonyl (C=O) groups is 1. The number of rotatable bonds is 3. The van der Waals surface area contributed by atoms with Gasteiger partial charge in [-0.05, 0) is 29.8 Å². The molecular weight excluding hydrogens is 341 g/mol. The van der Waals surface area contributed by atoms with E-state index >= 15 is 0 Å². The lowest BCUT2D eigenvalue weighted by molar-refractivity contribution is 0.198. The maximum absolute atomic E-state index is 13.8. The van der Waals surface area contributed by atoms with Crippen LogP contribution in [0.25, 0.3) is 6.08 Å². The average Bonchev–Trinajstić information content (AvgIpc) is 2.64. The number of amides is 2. The zero-order valence-electron chi connectivity index (χ0n) is 13.7. The molecule has 2 aromatic rings. The molecule has 0 spiro atoms. The third-order valence-corrected chi connectivity index (χ3v) is 4.48. The van der Waals surface area contributed by atoms with Crippen molar-refractivity contribution in [3.63, 3.8) is 0 Å². The first-order chi connectivity index (χ1) is 12.1. The summed E-state index contributed by atoms with van der Waals surface area (Å²) in [7, 11) is 0. The van der Waals surface area contributed by atoms with Gasteiger partial charge in [-0.3, -0.25) is 0 Å². The van der Waals surface area contributed by atoms with Gasteiger partial charge in [0.25, 0.3) is 0 Å². The van der Waals surface area contributed by atoms with Gasteiger partial charge in [-0.25, -0.2) is 9.18 Å². The topological polar surface area (TPSA) is 35.6 Å². The first-order valence-corrected chi connectivity index (χ1v) is 8.49. The number of para-hydroxylation sites is 1. The van der Waals surface area contributed by atoms with Crippen LogP contribution in [-0.2, 0) is 0 Å². The van der Waals surface area contributed by atoms with E-state index < -0.39 is 0 Å². The quantitative estimate of drug-likeness (QED) is 0.899. The molecule has 130 valence electrons. The fourth-order valence-corrected chi connectivity index (χ4v) is 2.96. The van der Waals surface area contributed by atoms with Crippen LogP contribution in [0.3, 0.4) is 0 Å². The molecular formula is C19H19ClFN3O. The lowest BCUT2D eigenvalue weighted by Crippen LogP contribution is -2.51. The number of piperazine rings is 1. The zero-order valence-corrected chi connectivity index (χ0v) is 14.4. The molecule has 0 bridgehead atoms. The van der Waals surface area contributed by atoms with E-state index in [1.807, 2.05) is 29.2 Å². The van der Waals surface area contributed by atoms with Crippen LogP contribution in [0.1, 0.15) is 5.56 Å². The van der Waals surface area contributed by atoms with E-state index in [0.29, 0.717) is 36.9 Å². The summed E-state index contributed by atoms with van der Waals surface area (Å²) in [6.45, 7) is 2.28. The molecule has 2 amide bonds. The molecule has 0 radical (unpaired) electrons. The summed E-state index contributed by atoms with van der Waals surface area (Å²) in [4.78, 5) is 15.9. The fourth-order valence-electron chi connectivity index (χ4n) is 2.76. The highest BCUT2D eigenvalue weighted by molar-refractivity contribution is 6.32. The molecule has 1 fully saturated rings. The SMILES string of the molecule is O=C(N/C=C/c1ccccc1Cl)N1CCN(c2ccccc2F)CC1. The van der Waals surface area contributed by atoms with Crippen LogP contribution < -0.4 is 10.2 Å². The van der Waals surface area contributed by atoms with Gasteiger partial charge in [-0.15, -0.1) is 0 Å². The summed E-state index contributed by atoms with van der Waals surface area (Å²) in [6.07, 6.45) is 3.35. The van der Waals surface area contributed by atoms with Crippen LogP contribution in [0.4, 0.5) is 14.9 Å². The van der Waals surface area contributed by atoms with Gasteiger partial charge >= 0.3 is 6.03 Å². The molecule has 1 aliphatic heterocycles. The van der Waals surface area contributed by atoms with E-state index in [-0.39, 0.29) is 11.8 Å². The van der Waals surface area contributed by atoms with Crippen molar-refractivity contribution in [3.8, 4) is 0 Å². The summed E-state index contributed by atoms with van der Waals surface area (Å²) < 4.78 is 13.8. The Labute approximate surface area is 151 Å². The van der Waals surface area contributed by atoms with Gasteiger partial charge < -0.3 is 15.1 Å². The highest BCUT2D eigenvalue weighted by Gasteiger charge is 2.22. The van der Waals surface area contributed by atoms with E-state index in [4.69, 9.17) is 11.6 Å². The molecule has 1 aliphatic rings. The van der Waals surface area contributed by atoms with E-state index in [1.54, 1.807) is 35.4 Å². The molecule has 0 aromatic heterocycles. The standard InChI is InChI=1S/C19H19ClFN3O/c20-16-6-2-1-5-15(16)9-10-22-19(25)24-13-11-23(12-14-24)18-8-4-3-7-17(18)21/h1-10H,11-14H2,(H,22,25)/b10-9+. The number of nitrogens with zero attached hydrogens (tertiary/aromatic N) is 2. The third-order valence-electron chi connectivity index (χ3n) is 4.13. The lowest BCUT2D eigenvalue weighted by Gasteiger charge is -2.35. The molecule has 1 heterocycles. The number of benzene rings is 2. The minimum absolute atomic E-state index is 0.170. The predicted molar refractivity (Wildman–Crippen MR) is 99.2 cm³/mol. The number of hydrogen-bond acceptors (Lipinski definition) is 2. The maximum Gasteiger partial charge on any atom is 0.321 e. The Bertz CT molecular complexity index is 773. The largest absolute Gasteiger partial charge is 0.366 e. The number of hydrogen-bond donors (Lipinski definition) is 1. The minimum atomic E-state index is -0.233. The minimum Gasteiger partial charge on any atom is -0.366 e. The number of anilines is 1. The van der Waals surface area contributed by atoms with Crippen LogP contribution in [0.5, 0.6) is 0 Å². The smallest absolute Gasteiger partial charge is 0.321 e. The predicted octanol–water partition coefficient (Wildman–Crippen LogP) is 3.98. The number of halogens is 2. The van der Waals surface area contributed by atoms with Crippen molar-refractivity contribution in [1.82, 2.24) is 10.2 Å². The first kappa shape index (κ1) is 17.3. The Morgan fingerprint density at radius 2 is 1.72 bits per heavy atom. The zero-order chi connectivity index (χ0) is 17.6. The van der Waals surface area contributed by atoms with E-state index in [2.05, 4.69) is 5.32 Å². The summed E-state index contributed by atoms with van der Waals surface area (Å²) in [5, 5.41) is 3.38. The molecule has 0 aliphatic carbocycles.